The van der Waals surface area contributed by atoms with Crippen molar-refractivity contribution in [1.82, 2.24) is 4.57 Å². The van der Waals surface area contributed by atoms with Crippen molar-refractivity contribution in [3.8, 4) is 28.5 Å². The first-order chi connectivity index (χ1) is 14.6. The van der Waals surface area contributed by atoms with Gasteiger partial charge in [0.2, 0.25) is 5.75 Å². The average molecular weight is 431 g/mol. The number of rotatable bonds is 8. The first-order valence-electron chi connectivity index (χ1n) is 9.86. The van der Waals surface area contributed by atoms with Gasteiger partial charge in [0.05, 0.1) is 32.7 Å². The summed E-state index contributed by atoms with van der Waals surface area (Å²) in [7, 11) is 4.81. The predicted molar refractivity (Wildman–Crippen MR) is 119 cm³/mol. The Hall–Kier alpha value is -2.80. The highest BCUT2D eigenvalue weighted by atomic mass is 32.1. The first-order valence-corrected chi connectivity index (χ1v) is 10.7. The number of hydrogen-bond acceptors (Lipinski definition) is 5. The Balaban J connectivity index is 2.23. The van der Waals surface area contributed by atoms with Gasteiger partial charge in [-0.05, 0) is 49.2 Å². The number of thiazole rings is 1. The molecule has 0 radical (unpaired) electrons. The van der Waals surface area contributed by atoms with Crippen molar-refractivity contribution >= 4 is 17.0 Å². The average Bonchev–Trinajstić information content (AvgIpc) is 3.18. The number of aromatic nitrogens is 1. The van der Waals surface area contributed by atoms with Gasteiger partial charge in [0.15, 0.2) is 16.3 Å². The van der Waals surface area contributed by atoms with E-state index in [4.69, 9.17) is 19.2 Å². The molecule has 30 heavy (non-hydrogen) atoms. The third-order valence-corrected chi connectivity index (χ3v) is 5.90. The monoisotopic (exact) mass is 430 g/mol. The fourth-order valence-electron chi connectivity index (χ4n) is 3.47. The summed E-state index contributed by atoms with van der Waals surface area (Å²) in [6.45, 7) is 4.33. The van der Waals surface area contributed by atoms with Gasteiger partial charge in [-0.2, -0.15) is 0 Å². The van der Waals surface area contributed by atoms with Crippen molar-refractivity contribution in [1.29, 1.82) is 0 Å². The number of benzene rings is 2. The van der Waals surface area contributed by atoms with Crippen molar-refractivity contribution < 1.29 is 18.6 Å². The van der Waals surface area contributed by atoms with Crippen LogP contribution in [0.25, 0.3) is 11.3 Å². The first kappa shape index (κ1) is 21.9. The van der Waals surface area contributed by atoms with E-state index in [1.54, 1.807) is 44.8 Å². The lowest BCUT2D eigenvalue weighted by molar-refractivity contribution is 0.324. The maximum atomic E-state index is 13.3. The second-order valence-corrected chi connectivity index (χ2v) is 7.58. The molecular formula is C23H27FN2O3S. The number of methoxy groups -OCH3 is 3. The lowest BCUT2D eigenvalue weighted by atomic mass is 10.1. The molecule has 0 unspecified atom stereocenters. The highest BCUT2D eigenvalue weighted by molar-refractivity contribution is 7.07. The molecule has 0 saturated carbocycles. The SMILES string of the molecule is CCC(CC)n1c(-c2cc(OC)c(OC)c(OC)c2)csc1=Nc1ccc(F)cc1. The maximum absolute atomic E-state index is 13.3. The molecule has 0 aliphatic rings. The molecule has 5 nitrogen and oxygen atoms in total. The van der Waals surface area contributed by atoms with E-state index in [2.05, 4.69) is 23.8 Å². The van der Waals surface area contributed by atoms with Crippen LogP contribution in [0.3, 0.4) is 0 Å². The molecule has 0 atom stereocenters. The summed E-state index contributed by atoms with van der Waals surface area (Å²) in [4.78, 5) is 5.65. The van der Waals surface area contributed by atoms with Gasteiger partial charge in [-0.3, -0.25) is 0 Å². The third-order valence-electron chi connectivity index (χ3n) is 5.06. The van der Waals surface area contributed by atoms with E-state index in [0.717, 1.165) is 34.6 Å². The zero-order valence-electron chi connectivity index (χ0n) is 17.9. The molecule has 2 aromatic carbocycles. The Morgan fingerprint density at radius 3 is 2.07 bits per heavy atom. The fraction of sp³-hybridized carbons (Fsp3) is 0.348. The molecule has 7 heteroatoms. The van der Waals surface area contributed by atoms with E-state index in [-0.39, 0.29) is 11.9 Å². The predicted octanol–water partition coefficient (Wildman–Crippen LogP) is 5.98. The maximum Gasteiger partial charge on any atom is 0.203 e. The van der Waals surface area contributed by atoms with Gasteiger partial charge in [-0.1, -0.05) is 13.8 Å². The van der Waals surface area contributed by atoms with Gasteiger partial charge in [-0.25, -0.2) is 9.38 Å². The Labute approximate surface area is 180 Å². The second-order valence-electron chi connectivity index (χ2n) is 6.75. The van der Waals surface area contributed by atoms with E-state index in [9.17, 15) is 4.39 Å². The minimum absolute atomic E-state index is 0.268. The van der Waals surface area contributed by atoms with E-state index >= 15 is 0 Å². The number of hydrogen-bond donors (Lipinski definition) is 0. The molecule has 0 fully saturated rings. The second kappa shape index (κ2) is 9.80. The Morgan fingerprint density at radius 1 is 0.967 bits per heavy atom. The number of halogens is 1. The van der Waals surface area contributed by atoms with Gasteiger partial charge in [0.1, 0.15) is 5.82 Å². The van der Waals surface area contributed by atoms with Crippen LogP contribution in [0, 0.1) is 5.82 Å². The van der Waals surface area contributed by atoms with E-state index in [1.165, 1.54) is 12.1 Å². The normalized spacial score (nSPS) is 11.8. The smallest absolute Gasteiger partial charge is 0.203 e. The van der Waals surface area contributed by atoms with Crippen LogP contribution < -0.4 is 19.0 Å². The minimum atomic E-state index is -0.272. The van der Waals surface area contributed by atoms with Crippen LogP contribution in [0.2, 0.25) is 0 Å². The minimum Gasteiger partial charge on any atom is -0.493 e. The summed E-state index contributed by atoms with van der Waals surface area (Å²) in [5.41, 5.74) is 2.69. The molecule has 0 spiro atoms. The quantitative estimate of drug-likeness (QED) is 0.442. The summed E-state index contributed by atoms with van der Waals surface area (Å²) in [5, 5.41) is 2.08. The molecule has 0 bridgehead atoms. The van der Waals surface area contributed by atoms with Crippen LogP contribution in [0.15, 0.2) is 46.8 Å². The van der Waals surface area contributed by atoms with Gasteiger partial charge in [0, 0.05) is 17.0 Å². The van der Waals surface area contributed by atoms with Crippen molar-refractivity contribution in [3.63, 3.8) is 0 Å². The number of nitrogens with zero attached hydrogens (tertiary/aromatic N) is 2. The highest BCUT2D eigenvalue weighted by Crippen LogP contribution is 2.41. The molecule has 0 N–H and O–H groups in total. The summed E-state index contributed by atoms with van der Waals surface area (Å²) in [6.07, 6.45) is 1.92. The molecule has 0 aliphatic carbocycles. The lowest BCUT2D eigenvalue weighted by Crippen LogP contribution is -2.21. The van der Waals surface area contributed by atoms with Crippen molar-refractivity contribution in [2.24, 2.45) is 4.99 Å². The van der Waals surface area contributed by atoms with E-state index < -0.39 is 0 Å². The topological polar surface area (TPSA) is 45.0 Å². The van der Waals surface area contributed by atoms with Crippen molar-refractivity contribution in [2.75, 3.05) is 21.3 Å². The van der Waals surface area contributed by atoms with Crippen LogP contribution in [0.4, 0.5) is 10.1 Å². The zero-order chi connectivity index (χ0) is 21.7. The number of ether oxygens (including phenoxy) is 3. The van der Waals surface area contributed by atoms with Gasteiger partial charge in [0.25, 0.3) is 0 Å². The Kier molecular flexibility index (Phi) is 7.15. The highest BCUT2D eigenvalue weighted by Gasteiger charge is 2.19. The molecule has 3 rings (SSSR count). The molecule has 1 aromatic heterocycles. The van der Waals surface area contributed by atoms with Gasteiger partial charge in [-0.15, -0.1) is 11.3 Å². The fourth-order valence-corrected chi connectivity index (χ4v) is 4.46. The summed E-state index contributed by atoms with van der Waals surface area (Å²) in [5.74, 6) is 1.49. The Bertz CT molecular complexity index is 1030. The molecule has 160 valence electrons. The molecule has 0 saturated heterocycles. The molecule has 3 aromatic rings. The van der Waals surface area contributed by atoms with E-state index in [1.807, 2.05) is 12.1 Å². The lowest BCUT2D eigenvalue weighted by Gasteiger charge is -2.20. The van der Waals surface area contributed by atoms with Crippen LogP contribution in [0.1, 0.15) is 32.7 Å². The van der Waals surface area contributed by atoms with Crippen LogP contribution in [0.5, 0.6) is 17.2 Å². The summed E-state index contributed by atoms with van der Waals surface area (Å²) >= 11 is 1.56. The van der Waals surface area contributed by atoms with E-state index in [0.29, 0.717) is 17.2 Å². The standard InChI is InChI=1S/C23H27FN2O3S/c1-6-18(7-2)26-19(14-30-23(26)25-17-10-8-16(24)9-11-17)15-12-20(27-3)22(29-5)21(13-15)28-4/h8-14,18H,6-7H2,1-5H3. The summed E-state index contributed by atoms with van der Waals surface area (Å²) in [6, 6.07) is 10.4. The van der Waals surface area contributed by atoms with Crippen molar-refractivity contribution in [2.45, 2.75) is 32.7 Å². The van der Waals surface area contributed by atoms with Gasteiger partial charge < -0.3 is 18.8 Å². The van der Waals surface area contributed by atoms with Crippen LogP contribution in [-0.4, -0.2) is 25.9 Å². The van der Waals surface area contributed by atoms with Gasteiger partial charge >= 0.3 is 0 Å². The van der Waals surface area contributed by atoms with Crippen LogP contribution in [-0.2, 0) is 0 Å². The molecule has 0 amide bonds. The zero-order valence-corrected chi connectivity index (χ0v) is 18.8. The Morgan fingerprint density at radius 2 is 1.57 bits per heavy atom. The third kappa shape index (κ3) is 4.36. The summed E-state index contributed by atoms with van der Waals surface area (Å²) < 4.78 is 32.1. The van der Waals surface area contributed by atoms with Crippen LogP contribution >= 0.6 is 11.3 Å². The van der Waals surface area contributed by atoms with Crippen molar-refractivity contribution in [3.05, 3.63) is 52.4 Å². The molecular weight excluding hydrogens is 403 g/mol. The molecule has 1 heterocycles. The largest absolute Gasteiger partial charge is 0.493 e. The molecule has 0 aliphatic heterocycles.